The van der Waals surface area contributed by atoms with Gasteiger partial charge in [-0.25, -0.2) is 0 Å². The second kappa shape index (κ2) is 11.5. The first-order chi connectivity index (χ1) is 13.2. The summed E-state index contributed by atoms with van der Waals surface area (Å²) in [4.78, 5) is 13.8. The molecule has 0 spiro atoms. The third kappa shape index (κ3) is 6.71. The zero-order valence-corrected chi connectivity index (χ0v) is 17.4. The third-order valence-electron chi connectivity index (χ3n) is 4.32. The van der Waals surface area contributed by atoms with Crippen LogP contribution in [0, 0.1) is 0 Å². The van der Waals surface area contributed by atoms with Gasteiger partial charge in [0.2, 0.25) is 5.91 Å². The number of benzene rings is 3. The summed E-state index contributed by atoms with van der Waals surface area (Å²) in [7, 11) is 1.82. The second-order valence-corrected chi connectivity index (χ2v) is 7.37. The van der Waals surface area contributed by atoms with Crippen molar-refractivity contribution < 1.29 is 4.79 Å². The van der Waals surface area contributed by atoms with Crippen LogP contribution in [0.25, 0.3) is 0 Å². The molecule has 1 atom stereocenters. The molecule has 0 radical (unpaired) electrons. The summed E-state index contributed by atoms with van der Waals surface area (Å²) in [5.41, 5.74) is 3.26. The number of carbonyl (C=O) groups excluding carboxylic acids is 1. The van der Waals surface area contributed by atoms with Crippen molar-refractivity contribution in [3.63, 3.8) is 0 Å². The number of nitrogens with one attached hydrogen (secondary N) is 2. The van der Waals surface area contributed by atoms with E-state index >= 15 is 0 Å². The van der Waals surface area contributed by atoms with Crippen molar-refractivity contribution in [1.82, 2.24) is 5.32 Å². The van der Waals surface area contributed by atoms with E-state index in [1.807, 2.05) is 55.6 Å². The van der Waals surface area contributed by atoms with Crippen molar-refractivity contribution in [2.45, 2.75) is 23.1 Å². The number of anilines is 1. The zero-order chi connectivity index (χ0) is 18.9. The number of likely N-dealkylation sites (N-methyl/N-ethyl adjacent to an activating group) is 1. The van der Waals surface area contributed by atoms with Crippen LogP contribution in [0.1, 0.15) is 11.1 Å². The Kier molecular flexibility index (Phi) is 9.08. The predicted octanol–water partition coefficient (Wildman–Crippen LogP) is 5.17. The first-order valence-electron chi connectivity index (χ1n) is 9.03. The molecule has 0 saturated heterocycles. The minimum absolute atomic E-state index is 0. The van der Waals surface area contributed by atoms with Gasteiger partial charge in [0.25, 0.3) is 0 Å². The van der Waals surface area contributed by atoms with Gasteiger partial charge in [0.05, 0.1) is 6.04 Å². The largest absolute Gasteiger partial charge is 0.325 e. The molecule has 2 N–H and O–H groups in total. The van der Waals surface area contributed by atoms with Crippen molar-refractivity contribution in [2.24, 2.45) is 0 Å². The fourth-order valence-corrected chi connectivity index (χ4v) is 3.63. The fourth-order valence-electron chi connectivity index (χ4n) is 2.78. The Bertz CT molecular complexity index is 841. The molecule has 0 heterocycles. The van der Waals surface area contributed by atoms with Crippen LogP contribution in [0.3, 0.4) is 0 Å². The van der Waals surface area contributed by atoms with E-state index < -0.39 is 0 Å². The predicted molar refractivity (Wildman–Crippen MR) is 121 cm³/mol. The second-order valence-electron chi connectivity index (χ2n) is 6.32. The van der Waals surface area contributed by atoms with E-state index in [9.17, 15) is 4.79 Å². The fraction of sp³-hybridized carbons (Fsp3) is 0.174. The van der Waals surface area contributed by atoms with E-state index in [4.69, 9.17) is 0 Å². The van der Waals surface area contributed by atoms with Gasteiger partial charge in [0, 0.05) is 16.3 Å². The van der Waals surface area contributed by atoms with Crippen LogP contribution in [0.4, 0.5) is 5.69 Å². The van der Waals surface area contributed by atoms with Crippen LogP contribution < -0.4 is 10.6 Å². The van der Waals surface area contributed by atoms with Crippen molar-refractivity contribution in [3.8, 4) is 0 Å². The molecule has 3 nitrogen and oxygen atoms in total. The first kappa shape index (κ1) is 22.0. The lowest BCUT2D eigenvalue weighted by Gasteiger charge is -2.16. The Morgan fingerprint density at radius 1 is 0.857 bits per heavy atom. The maximum absolute atomic E-state index is 12.6. The van der Waals surface area contributed by atoms with Gasteiger partial charge in [-0.2, -0.15) is 0 Å². The number of halogens is 1. The Hall–Kier alpha value is -2.27. The number of rotatable bonds is 8. The van der Waals surface area contributed by atoms with E-state index in [0.29, 0.717) is 6.42 Å². The van der Waals surface area contributed by atoms with Crippen molar-refractivity contribution in [3.05, 3.63) is 96.1 Å². The molecule has 0 aliphatic rings. The smallest absolute Gasteiger partial charge is 0.241 e. The highest BCUT2D eigenvalue weighted by atomic mass is 35.5. The highest BCUT2D eigenvalue weighted by Crippen LogP contribution is 2.24. The molecule has 3 aromatic rings. The SMILES string of the molecule is CNC(Cc1ccccc1)C(=O)Nc1ccc(SCc2ccccc2)cc1.Cl. The average molecular weight is 413 g/mol. The van der Waals surface area contributed by atoms with Crippen molar-refractivity contribution in [1.29, 1.82) is 0 Å². The first-order valence-corrected chi connectivity index (χ1v) is 10.0. The molecule has 5 heteroatoms. The van der Waals surface area contributed by atoms with E-state index in [0.717, 1.165) is 17.0 Å². The lowest BCUT2D eigenvalue weighted by Crippen LogP contribution is -2.40. The number of amides is 1. The monoisotopic (exact) mass is 412 g/mol. The van der Waals surface area contributed by atoms with Crippen molar-refractivity contribution in [2.75, 3.05) is 12.4 Å². The van der Waals surface area contributed by atoms with Gasteiger partial charge in [0.15, 0.2) is 0 Å². The van der Waals surface area contributed by atoms with Crippen LogP contribution in [0.2, 0.25) is 0 Å². The Morgan fingerprint density at radius 2 is 1.43 bits per heavy atom. The van der Waals surface area contributed by atoms with Crippen LogP contribution in [0.15, 0.2) is 89.8 Å². The highest BCUT2D eigenvalue weighted by Gasteiger charge is 2.16. The van der Waals surface area contributed by atoms with Crippen molar-refractivity contribution >= 4 is 35.8 Å². The summed E-state index contributed by atoms with van der Waals surface area (Å²) in [6.07, 6.45) is 0.661. The van der Waals surface area contributed by atoms with Gasteiger partial charge < -0.3 is 10.6 Å². The standard InChI is InChI=1S/C23H24N2OS.ClH/c1-24-22(16-18-8-4-2-5-9-18)23(26)25-20-12-14-21(15-13-20)27-17-19-10-6-3-7-11-19;/h2-15,22,24H,16-17H2,1H3,(H,25,26);1H. The molecule has 0 saturated carbocycles. The Labute approximate surface area is 177 Å². The molecule has 3 aromatic carbocycles. The van der Waals surface area contributed by atoms with E-state index in [1.54, 1.807) is 11.8 Å². The van der Waals surface area contributed by atoms with E-state index in [1.165, 1.54) is 10.5 Å². The molecule has 1 unspecified atom stereocenters. The van der Waals surface area contributed by atoms with Gasteiger partial charge in [-0.05, 0) is 48.9 Å². The van der Waals surface area contributed by atoms with Crippen LogP contribution >= 0.6 is 24.2 Å². The Balaban J connectivity index is 0.00000280. The molecule has 1 amide bonds. The maximum Gasteiger partial charge on any atom is 0.241 e. The van der Waals surface area contributed by atoms with Gasteiger partial charge in [-0.15, -0.1) is 24.2 Å². The summed E-state index contributed by atoms with van der Waals surface area (Å²) < 4.78 is 0. The van der Waals surface area contributed by atoms with Crippen LogP contribution in [0.5, 0.6) is 0 Å². The summed E-state index contributed by atoms with van der Waals surface area (Å²) >= 11 is 1.79. The number of hydrogen-bond donors (Lipinski definition) is 2. The molecule has 0 bridgehead atoms. The summed E-state index contributed by atoms with van der Waals surface area (Å²) in [6, 6.07) is 28.2. The molecule has 28 heavy (non-hydrogen) atoms. The number of carbonyl (C=O) groups is 1. The molecule has 0 aliphatic heterocycles. The maximum atomic E-state index is 12.6. The molecule has 3 rings (SSSR count). The highest BCUT2D eigenvalue weighted by molar-refractivity contribution is 7.98. The molecule has 0 aliphatic carbocycles. The van der Waals surface area contributed by atoms with Gasteiger partial charge in [-0.1, -0.05) is 60.7 Å². The van der Waals surface area contributed by atoms with E-state index in [2.05, 4.69) is 47.0 Å². The van der Waals surface area contributed by atoms with Gasteiger partial charge >= 0.3 is 0 Å². The van der Waals surface area contributed by atoms with Crippen LogP contribution in [-0.2, 0) is 17.0 Å². The number of hydrogen-bond acceptors (Lipinski definition) is 3. The summed E-state index contributed by atoms with van der Waals surface area (Å²) in [5, 5.41) is 6.11. The van der Waals surface area contributed by atoms with E-state index in [-0.39, 0.29) is 24.4 Å². The molecule has 0 fully saturated rings. The molecule has 146 valence electrons. The average Bonchev–Trinajstić information content (AvgIpc) is 2.73. The van der Waals surface area contributed by atoms with Gasteiger partial charge in [0.1, 0.15) is 0 Å². The normalized spacial score (nSPS) is 11.3. The third-order valence-corrected chi connectivity index (χ3v) is 5.40. The molecule has 0 aromatic heterocycles. The van der Waals surface area contributed by atoms with Crippen LogP contribution in [-0.4, -0.2) is 19.0 Å². The summed E-state index contributed by atoms with van der Waals surface area (Å²) in [5.74, 6) is 0.914. The lowest BCUT2D eigenvalue weighted by molar-refractivity contribution is -0.118. The minimum Gasteiger partial charge on any atom is -0.325 e. The number of thioether (sulfide) groups is 1. The topological polar surface area (TPSA) is 41.1 Å². The Morgan fingerprint density at radius 3 is 2.00 bits per heavy atom. The quantitative estimate of drug-likeness (QED) is 0.501. The lowest BCUT2D eigenvalue weighted by atomic mass is 10.1. The van der Waals surface area contributed by atoms with Gasteiger partial charge in [-0.3, -0.25) is 4.79 Å². The molecular weight excluding hydrogens is 388 g/mol. The minimum atomic E-state index is -0.264. The summed E-state index contributed by atoms with van der Waals surface area (Å²) in [6.45, 7) is 0. The molecular formula is C23H25ClN2OS. The zero-order valence-electron chi connectivity index (χ0n) is 15.8.